The van der Waals surface area contributed by atoms with Crippen molar-refractivity contribution in [1.29, 1.82) is 0 Å². The van der Waals surface area contributed by atoms with Crippen molar-refractivity contribution in [1.82, 2.24) is 4.98 Å². The van der Waals surface area contributed by atoms with Crippen LogP contribution in [0, 0.1) is 0 Å². The van der Waals surface area contributed by atoms with E-state index in [1.165, 1.54) is 0 Å². The predicted molar refractivity (Wildman–Crippen MR) is 78.9 cm³/mol. The molecule has 108 valence electrons. The van der Waals surface area contributed by atoms with E-state index in [0.717, 1.165) is 17.7 Å². The van der Waals surface area contributed by atoms with E-state index in [0.29, 0.717) is 37.4 Å². The summed E-state index contributed by atoms with van der Waals surface area (Å²) in [5, 5.41) is 0. The average molecular weight is 283 g/mol. The number of aryl methyl sites for hydroxylation is 1. The molecule has 0 bridgehead atoms. The smallest absolute Gasteiger partial charge is 0.163 e. The zero-order valence-electron chi connectivity index (χ0n) is 11.7. The molecule has 0 saturated heterocycles. The lowest BCUT2D eigenvalue weighted by molar-refractivity contribution is 0.0982. The van der Waals surface area contributed by atoms with E-state index < -0.39 is 0 Å². The number of ether oxygens (including phenoxy) is 2. The third-order valence-corrected chi connectivity index (χ3v) is 3.43. The highest BCUT2D eigenvalue weighted by atomic mass is 16.5. The summed E-state index contributed by atoms with van der Waals surface area (Å²) in [7, 11) is 0. The van der Waals surface area contributed by atoms with Crippen molar-refractivity contribution in [3.05, 3.63) is 53.9 Å². The molecular weight excluding hydrogens is 266 g/mol. The molecule has 0 aliphatic carbocycles. The third-order valence-electron chi connectivity index (χ3n) is 3.43. The van der Waals surface area contributed by atoms with Crippen LogP contribution in [0.2, 0.25) is 0 Å². The fourth-order valence-corrected chi connectivity index (χ4v) is 2.28. The molecule has 0 fully saturated rings. The summed E-state index contributed by atoms with van der Waals surface area (Å²) in [5.74, 6) is 1.49. The summed E-state index contributed by atoms with van der Waals surface area (Å²) in [6.45, 7) is 1.28. The highest BCUT2D eigenvalue weighted by Crippen LogP contribution is 2.30. The normalized spacial score (nSPS) is 13.5. The van der Waals surface area contributed by atoms with Crippen LogP contribution in [0.1, 0.15) is 28.8 Å². The molecule has 0 spiro atoms. The number of benzene rings is 1. The second-order valence-corrected chi connectivity index (χ2v) is 5.00. The molecule has 1 aromatic carbocycles. The van der Waals surface area contributed by atoms with E-state index in [2.05, 4.69) is 4.98 Å². The second kappa shape index (κ2) is 6.39. The van der Waals surface area contributed by atoms with Crippen LogP contribution in [0.4, 0.5) is 0 Å². The minimum atomic E-state index is 0.106. The first-order valence-electron chi connectivity index (χ1n) is 7.15. The Morgan fingerprint density at radius 3 is 2.81 bits per heavy atom. The van der Waals surface area contributed by atoms with Crippen LogP contribution in [-0.4, -0.2) is 24.0 Å². The molecule has 1 aromatic heterocycles. The van der Waals surface area contributed by atoms with Crippen molar-refractivity contribution < 1.29 is 14.3 Å². The number of Topliss-reactive ketones (excluding diaryl/α,β-unsaturated/α-hetero) is 1. The van der Waals surface area contributed by atoms with Gasteiger partial charge in [0.15, 0.2) is 17.3 Å². The Balaban J connectivity index is 1.68. The number of ketones is 1. The number of hydrogen-bond donors (Lipinski definition) is 0. The van der Waals surface area contributed by atoms with Crippen molar-refractivity contribution in [2.75, 3.05) is 13.2 Å². The molecule has 0 unspecified atom stereocenters. The van der Waals surface area contributed by atoms with Crippen molar-refractivity contribution in [2.45, 2.75) is 19.3 Å². The lowest BCUT2D eigenvalue weighted by atomic mass is 10.0. The van der Waals surface area contributed by atoms with Crippen molar-refractivity contribution >= 4 is 5.78 Å². The highest BCUT2D eigenvalue weighted by Gasteiger charge is 2.14. The molecule has 1 aliphatic rings. The summed E-state index contributed by atoms with van der Waals surface area (Å²) in [6.07, 6.45) is 5.54. The van der Waals surface area contributed by atoms with Gasteiger partial charge >= 0.3 is 0 Å². The Morgan fingerprint density at radius 2 is 2.00 bits per heavy atom. The number of rotatable bonds is 4. The number of fused-ring (bicyclic) bond motifs is 1. The maximum Gasteiger partial charge on any atom is 0.163 e. The lowest BCUT2D eigenvalue weighted by Crippen LogP contribution is -2.02. The number of carbonyl (C=O) groups is 1. The average Bonchev–Trinajstić information content (AvgIpc) is 2.78. The molecule has 4 nitrogen and oxygen atoms in total. The number of pyridine rings is 1. The van der Waals surface area contributed by atoms with Gasteiger partial charge in [-0.1, -0.05) is 6.07 Å². The maximum atomic E-state index is 12.3. The molecule has 21 heavy (non-hydrogen) atoms. The van der Waals surface area contributed by atoms with Gasteiger partial charge in [-0.05, 0) is 36.2 Å². The summed E-state index contributed by atoms with van der Waals surface area (Å²) < 4.78 is 11.2. The fourth-order valence-electron chi connectivity index (χ4n) is 2.28. The van der Waals surface area contributed by atoms with Crippen LogP contribution in [0.15, 0.2) is 42.7 Å². The van der Waals surface area contributed by atoms with Crippen molar-refractivity contribution in [2.24, 2.45) is 0 Å². The first-order valence-corrected chi connectivity index (χ1v) is 7.15. The number of nitrogens with zero attached hydrogens (tertiary/aromatic N) is 1. The Hall–Kier alpha value is -2.36. The number of carbonyl (C=O) groups excluding carboxylic acids is 1. The van der Waals surface area contributed by atoms with Gasteiger partial charge in [0.2, 0.25) is 0 Å². The van der Waals surface area contributed by atoms with Gasteiger partial charge < -0.3 is 9.47 Å². The van der Waals surface area contributed by atoms with Crippen LogP contribution in [0.5, 0.6) is 11.5 Å². The van der Waals surface area contributed by atoms with Crippen molar-refractivity contribution in [3.63, 3.8) is 0 Å². The van der Waals surface area contributed by atoms with E-state index in [4.69, 9.17) is 9.47 Å². The Labute approximate surface area is 123 Å². The number of aromatic nitrogens is 1. The fraction of sp³-hybridized carbons (Fsp3) is 0.294. The van der Waals surface area contributed by atoms with E-state index >= 15 is 0 Å². The zero-order chi connectivity index (χ0) is 14.5. The SMILES string of the molecule is O=C(CCc1cccnc1)c1ccc2c(c1)OCCCO2. The van der Waals surface area contributed by atoms with E-state index in [1.807, 2.05) is 18.2 Å². The van der Waals surface area contributed by atoms with E-state index in [1.54, 1.807) is 24.5 Å². The van der Waals surface area contributed by atoms with Crippen LogP contribution in [0.25, 0.3) is 0 Å². The van der Waals surface area contributed by atoms with Crippen LogP contribution < -0.4 is 9.47 Å². The zero-order valence-corrected chi connectivity index (χ0v) is 11.7. The molecule has 0 radical (unpaired) electrons. The summed E-state index contributed by atoms with van der Waals surface area (Å²) in [5.41, 5.74) is 1.74. The third kappa shape index (κ3) is 3.40. The molecule has 2 heterocycles. The van der Waals surface area contributed by atoms with Gasteiger partial charge in [0, 0.05) is 30.8 Å². The molecular formula is C17H17NO3. The molecule has 2 aromatic rings. The second-order valence-electron chi connectivity index (χ2n) is 5.00. The van der Waals surface area contributed by atoms with Gasteiger partial charge in [0.25, 0.3) is 0 Å². The Kier molecular flexibility index (Phi) is 4.15. The minimum absolute atomic E-state index is 0.106. The van der Waals surface area contributed by atoms with E-state index in [-0.39, 0.29) is 5.78 Å². The van der Waals surface area contributed by atoms with Crippen LogP contribution >= 0.6 is 0 Å². The van der Waals surface area contributed by atoms with Gasteiger partial charge in [0.05, 0.1) is 13.2 Å². The van der Waals surface area contributed by atoms with Gasteiger partial charge in [-0.2, -0.15) is 0 Å². The van der Waals surface area contributed by atoms with Crippen LogP contribution in [0.3, 0.4) is 0 Å². The van der Waals surface area contributed by atoms with Gasteiger partial charge in [0.1, 0.15) is 0 Å². The first kappa shape index (κ1) is 13.6. The molecule has 0 saturated carbocycles. The molecule has 3 rings (SSSR count). The highest BCUT2D eigenvalue weighted by molar-refractivity contribution is 5.96. The molecule has 0 amide bonds. The standard InChI is InChI=1S/C17H17NO3/c19-15(6-4-13-3-1-8-18-12-13)14-5-7-16-17(11-14)21-10-2-9-20-16/h1,3,5,7-8,11-12H,2,4,6,9-10H2. The number of hydrogen-bond acceptors (Lipinski definition) is 4. The quantitative estimate of drug-likeness (QED) is 0.809. The maximum absolute atomic E-state index is 12.3. The molecule has 0 N–H and O–H groups in total. The van der Waals surface area contributed by atoms with Gasteiger partial charge in [-0.3, -0.25) is 9.78 Å². The molecule has 0 atom stereocenters. The first-order chi connectivity index (χ1) is 10.3. The Morgan fingerprint density at radius 1 is 1.14 bits per heavy atom. The minimum Gasteiger partial charge on any atom is -0.490 e. The summed E-state index contributed by atoms with van der Waals surface area (Å²) in [4.78, 5) is 16.3. The largest absolute Gasteiger partial charge is 0.490 e. The van der Waals surface area contributed by atoms with Gasteiger partial charge in [-0.25, -0.2) is 0 Å². The molecule has 1 aliphatic heterocycles. The van der Waals surface area contributed by atoms with E-state index in [9.17, 15) is 4.79 Å². The molecule has 4 heteroatoms. The lowest BCUT2D eigenvalue weighted by Gasteiger charge is -2.08. The summed E-state index contributed by atoms with van der Waals surface area (Å²) in [6, 6.07) is 9.27. The van der Waals surface area contributed by atoms with Crippen molar-refractivity contribution in [3.8, 4) is 11.5 Å². The summed E-state index contributed by atoms with van der Waals surface area (Å²) >= 11 is 0. The topological polar surface area (TPSA) is 48.4 Å². The predicted octanol–water partition coefficient (Wildman–Crippen LogP) is 3.06. The Bertz CT molecular complexity index is 625. The monoisotopic (exact) mass is 283 g/mol. The van der Waals surface area contributed by atoms with Gasteiger partial charge in [-0.15, -0.1) is 0 Å². The van der Waals surface area contributed by atoms with Crippen LogP contribution in [-0.2, 0) is 6.42 Å².